The number of hydrogen-bond donors (Lipinski definition) is 1. The van der Waals surface area contributed by atoms with Gasteiger partial charge in [0.2, 0.25) is 5.91 Å². The van der Waals surface area contributed by atoms with Crippen molar-refractivity contribution in [1.29, 1.82) is 0 Å². The van der Waals surface area contributed by atoms with Crippen molar-refractivity contribution in [2.75, 3.05) is 34.4 Å². The predicted molar refractivity (Wildman–Crippen MR) is 131 cm³/mol. The predicted octanol–water partition coefficient (Wildman–Crippen LogP) is 2.80. The molecule has 1 N–H and O–H groups in total. The van der Waals surface area contributed by atoms with Crippen LogP contribution in [0.5, 0.6) is 0 Å². The van der Waals surface area contributed by atoms with Crippen LogP contribution in [0.1, 0.15) is 42.6 Å². The van der Waals surface area contributed by atoms with Crippen molar-refractivity contribution in [3.8, 4) is 0 Å². The van der Waals surface area contributed by atoms with Crippen LogP contribution in [-0.4, -0.2) is 56.9 Å². The Morgan fingerprint density at radius 1 is 1.12 bits per heavy atom. The highest BCUT2D eigenvalue weighted by Crippen LogP contribution is 2.31. The monoisotopic (exact) mass is 469 g/mol. The Morgan fingerprint density at radius 2 is 1.88 bits per heavy atom. The summed E-state index contributed by atoms with van der Waals surface area (Å²) in [5.41, 5.74) is 3.23. The quantitative estimate of drug-likeness (QED) is 0.703. The zero-order chi connectivity index (χ0) is 23.6. The van der Waals surface area contributed by atoms with E-state index in [-0.39, 0.29) is 41.9 Å². The molecule has 0 aliphatic carbocycles. The SMILES string of the molecule is CC(C)NC(=O)c1cccc2c1CCCN2CC(=O)N(c1ccccc1)C1CCS(=O)(=O)C1. The van der Waals surface area contributed by atoms with Gasteiger partial charge in [-0.25, -0.2) is 8.42 Å². The maximum atomic E-state index is 13.6. The number of carbonyl (C=O) groups is 2. The summed E-state index contributed by atoms with van der Waals surface area (Å²) in [6.45, 7) is 4.70. The van der Waals surface area contributed by atoms with Crippen LogP contribution in [0, 0.1) is 0 Å². The molecule has 2 aliphatic heterocycles. The maximum absolute atomic E-state index is 13.6. The van der Waals surface area contributed by atoms with E-state index in [0.717, 1.165) is 24.1 Å². The summed E-state index contributed by atoms with van der Waals surface area (Å²) in [4.78, 5) is 30.0. The van der Waals surface area contributed by atoms with Gasteiger partial charge in [-0.05, 0) is 62.9 Å². The van der Waals surface area contributed by atoms with Gasteiger partial charge in [-0.15, -0.1) is 0 Å². The number of anilines is 2. The fraction of sp³-hybridized carbons (Fsp3) is 0.440. The molecule has 4 rings (SSSR count). The molecular weight excluding hydrogens is 438 g/mol. The molecule has 0 saturated carbocycles. The molecule has 0 bridgehead atoms. The largest absolute Gasteiger partial charge is 0.362 e. The van der Waals surface area contributed by atoms with E-state index in [4.69, 9.17) is 0 Å². The Bertz CT molecular complexity index is 1130. The van der Waals surface area contributed by atoms with E-state index in [1.54, 1.807) is 4.90 Å². The number of nitrogens with zero attached hydrogens (tertiary/aromatic N) is 2. The molecule has 1 fully saturated rings. The topological polar surface area (TPSA) is 86.8 Å². The van der Waals surface area contributed by atoms with Crippen LogP contribution < -0.4 is 15.1 Å². The van der Waals surface area contributed by atoms with Crippen LogP contribution in [0.4, 0.5) is 11.4 Å². The number of para-hydroxylation sites is 1. The number of sulfone groups is 1. The van der Waals surface area contributed by atoms with E-state index in [9.17, 15) is 18.0 Å². The normalized spacial score (nSPS) is 19.2. The Hall–Kier alpha value is -2.87. The van der Waals surface area contributed by atoms with Gasteiger partial charge in [0.05, 0.1) is 24.1 Å². The van der Waals surface area contributed by atoms with Gasteiger partial charge in [0.15, 0.2) is 9.84 Å². The highest BCUT2D eigenvalue weighted by atomic mass is 32.2. The molecule has 1 atom stereocenters. The second-order valence-electron chi connectivity index (χ2n) is 9.11. The minimum absolute atomic E-state index is 0.0102. The van der Waals surface area contributed by atoms with Gasteiger partial charge >= 0.3 is 0 Å². The summed E-state index contributed by atoms with van der Waals surface area (Å²) in [5, 5.41) is 2.96. The zero-order valence-corrected chi connectivity index (χ0v) is 20.0. The van der Waals surface area contributed by atoms with Gasteiger partial charge in [0.1, 0.15) is 0 Å². The molecule has 1 unspecified atom stereocenters. The first-order chi connectivity index (χ1) is 15.7. The summed E-state index contributed by atoms with van der Waals surface area (Å²) < 4.78 is 24.3. The number of rotatable bonds is 6. The van der Waals surface area contributed by atoms with Gasteiger partial charge in [-0.3, -0.25) is 9.59 Å². The third-order valence-electron chi connectivity index (χ3n) is 6.21. The molecule has 1 saturated heterocycles. The van der Waals surface area contributed by atoms with Gasteiger partial charge in [-0.2, -0.15) is 0 Å². The minimum atomic E-state index is -3.14. The summed E-state index contributed by atoms with van der Waals surface area (Å²) in [5.74, 6) is -0.135. The lowest BCUT2D eigenvalue weighted by molar-refractivity contribution is -0.117. The average molecular weight is 470 g/mol. The number of hydrogen-bond acceptors (Lipinski definition) is 5. The third kappa shape index (κ3) is 5.21. The smallest absolute Gasteiger partial charge is 0.251 e. The van der Waals surface area contributed by atoms with Crippen molar-refractivity contribution in [1.82, 2.24) is 5.32 Å². The average Bonchev–Trinajstić information content (AvgIpc) is 3.13. The van der Waals surface area contributed by atoms with E-state index in [1.165, 1.54) is 0 Å². The van der Waals surface area contributed by atoms with Crippen molar-refractivity contribution >= 4 is 33.0 Å². The van der Waals surface area contributed by atoms with E-state index < -0.39 is 9.84 Å². The summed E-state index contributed by atoms with van der Waals surface area (Å²) >= 11 is 0. The Labute approximate surface area is 195 Å². The second kappa shape index (κ2) is 9.55. The molecule has 176 valence electrons. The standard InChI is InChI=1S/C25H31N3O4S/c1-18(2)26-25(30)22-10-6-12-23-21(22)11-7-14-27(23)16-24(29)28(19-8-4-3-5-9-19)20-13-15-33(31,32)17-20/h3-6,8-10,12,18,20H,7,11,13-17H2,1-2H3,(H,26,30). The van der Waals surface area contributed by atoms with Crippen LogP contribution >= 0.6 is 0 Å². The van der Waals surface area contributed by atoms with Gasteiger partial charge in [0, 0.05) is 29.5 Å². The first kappa shape index (κ1) is 23.3. The Morgan fingerprint density at radius 3 is 2.55 bits per heavy atom. The van der Waals surface area contributed by atoms with Crippen LogP contribution in [0.3, 0.4) is 0 Å². The van der Waals surface area contributed by atoms with Crippen LogP contribution in [0.2, 0.25) is 0 Å². The molecule has 8 heteroatoms. The highest BCUT2D eigenvalue weighted by Gasteiger charge is 2.36. The first-order valence-corrected chi connectivity index (χ1v) is 13.3. The van der Waals surface area contributed by atoms with Crippen molar-refractivity contribution in [3.63, 3.8) is 0 Å². The number of carbonyl (C=O) groups excluding carboxylic acids is 2. The lowest BCUT2D eigenvalue weighted by atomic mass is 9.95. The number of fused-ring (bicyclic) bond motifs is 1. The van der Waals surface area contributed by atoms with Crippen molar-refractivity contribution < 1.29 is 18.0 Å². The molecule has 0 spiro atoms. The van der Waals surface area contributed by atoms with Gasteiger partial charge < -0.3 is 15.1 Å². The molecule has 7 nitrogen and oxygen atoms in total. The van der Waals surface area contributed by atoms with E-state index in [2.05, 4.69) is 5.32 Å². The molecule has 2 aromatic rings. The van der Waals surface area contributed by atoms with Crippen LogP contribution in [0.25, 0.3) is 0 Å². The third-order valence-corrected chi connectivity index (χ3v) is 7.96. The number of benzene rings is 2. The Kier molecular flexibility index (Phi) is 6.74. The summed E-state index contributed by atoms with van der Waals surface area (Å²) in [7, 11) is -3.14. The molecule has 0 radical (unpaired) electrons. The van der Waals surface area contributed by atoms with Crippen LogP contribution in [0.15, 0.2) is 48.5 Å². The second-order valence-corrected chi connectivity index (χ2v) is 11.3. The maximum Gasteiger partial charge on any atom is 0.251 e. The van der Waals surface area contributed by atoms with Gasteiger partial charge in [0.25, 0.3) is 5.91 Å². The molecule has 0 aromatic heterocycles. The van der Waals surface area contributed by atoms with Crippen LogP contribution in [-0.2, 0) is 21.1 Å². The molecule has 2 aromatic carbocycles. The summed E-state index contributed by atoms with van der Waals surface area (Å²) in [6.07, 6.45) is 2.07. The summed E-state index contributed by atoms with van der Waals surface area (Å²) in [6, 6.07) is 14.6. The van der Waals surface area contributed by atoms with E-state index >= 15 is 0 Å². The van der Waals surface area contributed by atoms with Crippen molar-refractivity contribution in [3.05, 3.63) is 59.7 Å². The van der Waals surface area contributed by atoms with Crippen molar-refractivity contribution in [2.45, 2.75) is 45.2 Å². The van der Waals surface area contributed by atoms with E-state index in [0.29, 0.717) is 24.2 Å². The number of amides is 2. The Balaban J connectivity index is 1.61. The molecule has 2 heterocycles. The first-order valence-electron chi connectivity index (χ1n) is 11.5. The fourth-order valence-electron chi connectivity index (χ4n) is 4.78. The van der Waals surface area contributed by atoms with Crippen molar-refractivity contribution in [2.24, 2.45) is 0 Å². The minimum Gasteiger partial charge on any atom is -0.362 e. The fourth-order valence-corrected chi connectivity index (χ4v) is 6.48. The molecule has 2 amide bonds. The lowest BCUT2D eigenvalue weighted by Crippen LogP contribution is -2.47. The highest BCUT2D eigenvalue weighted by molar-refractivity contribution is 7.91. The molecule has 2 aliphatic rings. The number of nitrogens with one attached hydrogen (secondary N) is 1. The van der Waals surface area contributed by atoms with Gasteiger partial charge in [-0.1, -0.05) is 24.3 Å². The lowest BCUT2D eigenvalue weighted by Gasteiger charge is -2.35. The zero-order valence-electron chi connectivity index (χ0n) is 19.2. The van der Waals surface area contributed by atoms with E-state index in [1.807, 2.05) is 67.3 Å². The molecular formula is C25H31N3O4S. The molecule has 33 heavy (non-hydrogen) atoms.